The van der Waals surface area contributed by atoms with Gasteiger partial charge in [0.05, 0.1) is 29.0 Å². The molecule has 3 aromatic heterocycles. The number of carbonyl (C=O) groups excluding carboxylic acids is 1. The third-order valence-corrected chi connectivity index (χ3v) is 6.31. The van der Waals surface area contributed by atoms with E-state index in [1.807, 2.05) is 41.1 Å². The Hall–Kier alpha value is -3.15. The molecule has 1 aliphatic rings. The quantitative estimate of drug-likeness (QED) is 0.317. The van der Waals surface area contributed by atoms with Gasteiger partial charge in [-0.15, -0.1) is 0 Å². The Kier molecular flexibility index (Phi) is 4.76. The van der Waals surface area contributed by atoms with Gasteiger partial charge in [0.2, 0.25) is 5.91 Å². The number of thiophene rings is 2. The van der Waals surface area contributed by atoms with Crippen molar-refractivity contribution in [3.05, 3.63) is 100 Å². The number of amides is 1. The highest BCUT2D eigenvalue weighted by Gasteiger charge is 2.27. The Morgan fingerprint density at radius 2 is 1.48 bits per heavy atom. The smallest absolute Gasteiger partial charge is 0.236 e. The lowest BCUT2D eigenvalue weighted by molar-refractivity contribution is -0.116. The second-order valence-electron chi connectivity index (χ2n) is 6.74. The van der Waals surface area contributed by atoms with Crippen LogP contribution in [0.15, 0.2) is 94.4 Å². The first-order valence-corrected chi connectivity index (χ1v) is 11.2. The van der Waals surface area contributed by atoms with Gasteiger partial charge in [-0.05, 0) is 52.0 Å². The van der Waals surface area contributed by atoms with Crippen molar-refractivity contribution in [2.45, 2.75) is 6.42 Å². The highest BCUT2D eigenvalue weighted by molar-refractivity contribution is 7.08. The summed E-state index contributed by atoms with van der Waals surface area (Å²) in [5.74, 6) is 0.162. The molecule has 0 unspecified atom stereocenters. The molecule has 4 heterocycles. The molecule has 3 nitrogen and oxygen atoms in total. The van der Waals surface area contributed by atoms with Crippen LogP contribution in [0.3, 0.4) is 0 Å². The predicted octanol–water partition coefficient (Wildman–Crippen LogP) is 6.66. The molecule has 0 atom stereocenters. The molecule has 0 fully saturated rings. The molecule has 0 saturated carbocycles. The van der Waals surface area contributed by atoms with Crippen LogP contribution < -0.4 is 4.90 Å². The first-order valence-electron chi connectivity index (χ1n) is 9.33. The van der Waals surface area contributed by atoms with Crippen LogP contribution in [0.1, 0.15) is 5.56 Å². The summed E-state index contributed by atoms with van der Waals surface area (Å²) >= 11 is 3.33. The summed E-state index contributed by atoms with van der Waals surface area (Å²) in [6, 6.07) is 22.6. The van der Waals surface area contributed by atoms with Crippen LogP contribution in [0.4, 0.5) is 11.4 Å². The van der Waals surface area contributed by atoms with Gasteiger partial charge in [-0.25, -0.2) is 0 Å². The summed E-state index contributed by atoms with van der Waals surface area (Å²) < 4.78 is 2.21. The summed E-state index contributed by atoms with van der Waals surface area (Å²) in [5, 5.41) is 9.54. The van der Waals surface area contributed by atoms with Crippen molar-refractivity contribution in [3.8, 4) is 5.69 Å². The van der Waals surface area contributed by atoms with Crippen LogP contribution >= 0.6 is 22.7 Å². The second-order valence-corrected chi connectivity index (χ2v) is 8.30. The molecule has 2 aromatic carbocycles. The molecule has 29 heavy (non-hydrogen) atoms. The maximum absolute atomic E-state index is 11.9. The summed E-state index contributed by atoms with van der Waals surface area (Å²) in [6.45, 7) is 0. The molecule has 5 aromatic rings. The molecular formula is C24H18N2OS2. The third-order valence-electron chi connectivity index (χ3n) is 4.97. The van der Waals surface area contributed by atoms with Gasteiger partial charge in [0.15, 0.2) is 0 Å². The van der Waals surface area contributed by atoms with E-state index in [9.17, 15) is 4.79 Å². The topological polar surface area (TPSA) is 25.2 Å². The van der Waals surface area contributed by atoms with E-state index < -0.39 is 0 Å². The molecule has 6 rings (SSSR count). The number of fused-ring (bicyclic) bond motifs is 2. The van der Waals surface area contributed by atoms with Crippen molar-refractivity contribution in [2.75, 3.05) is 4.90 Å². The van der Waals surface area contributed by atoms with E-state index in [-0.39, 0.29) is 5.91 Å². The van der Waals surface area contributed by atoms with E-state index in [1.54, 1.807) is 27.6 Å². The number of hydrogen-bond donors (Lipinski definition) is 0. The second kappa shape index (κ2) is 7.70. The highest BCUT2D eigenvalue weighted by atomic mass is 32.1. The van der Waals surface area contributed by atoms with Crippen molar-refractivity contribution in [1.29, 1.82) is 0 Å². The minimum Gasteiger partial charge on any atom is -0.316 e. The lowest BCUT2D eigenvalue weighted by Gasteiger charge is -2.15. The van der Waals surface area contributed by atoms with Crippen LogP contribution in [0.2, 0.25) is 0 Å². The predicted molar refractivity (Wildman–Crippen MR) is 123 cm³/mol. The van der Waals surface area contributed by atoms with E-state index in [0.29, 0.717) is 6.42 Å². The normalized spacial score (nSPS) is 12.7. The first kappa shape index (κ1) is 17.9. The number of carbonyl (C=O) groups is 1. The van der Waals surface area contributed by atoms with E-state index >= 15 is 0 Å². The molecule has 0 aliphatic carbocycles. The Morgan fingerprint density at radius 3 is 2.28 bits per heavy atom. The number of nitrogens with zero attached hydrogens (tertiary/aromatic N) is 2. The van der Waals surface area contributed by atoms with Crippen LogP contribution in [0.5, 0.6) is 0 Å². The van der Waals surface area contributed by atoms with Crippen LogP contribution in [-0.4, -0.2) is 10.5 Å². The van der Waals surface area contributed by atoms with Crippen LogP contribution in [0, 0.1) is 0 Å². The van der Waals surface area contributed by atoms with E-state index in [4.69, 9.17) is 0 Å². The third kappa shape index (κ3) is 3.39. The average molecular weight is 415 g/mol. The van der Waals surface area contributed by atoms with Crippen molar-refractivity contribution in [3.63, 3.8) is 0 Å². The largest absolute Gasteiger partial charge is 0.316 e. The van der Waals surface area contributed by atoms with Crippen molar-refractivity contribution >= 4 is 50.9 Å². The summed E-state index contributed by atoms with van der Waals surface area (Å²) in [7, 11) is 0. The molecule has 0 spiro atoms. The fraction of sp³-hybridized carbons (Fsp3) is 0.0417. The van der Waals surface area contributed by atoms with Crippen molar-refractivity contribution in [1.82, 2.24) is 4.57 Å². The number of anilines is 2. The highest BCUT2D eigenvalue weighted by Crippen LogP contribution is 2.35. The molecule has 1 aliphatic heterocycles. The standard InChI is InChI=1S/C12H9NOS.C12H9NS/c14-12-7-9-3-1-2-4-11(9)13(12)10-5-6-15-8-10;1-2-4-12-10(3-1)5-7-13(12)11-6-8-14-9-11/h1-6,8H,7H2;1-9H. The average Bonchev–Trinajstić information content (AvgIpc) is 3.52. The lowest BCUT2D eigenvalue weighted by Crippen LogP contribution is -2.19. The monoisotopic (exact) mass is 414 g/mol. The molecular weight excluding hydrogens is 396 g/mol. The fourth-order valence-electron chi connectivity index (χ4n) is 3.62. The zero-order chi connectivity index (χ0) is 19.6. The lowest BCUT2D eigenvalue weighted by atomic mass is 10.2. The van der Waals surface area contributed by atoms with Crippen molar-refractivity contribution < 1.29 is 4.79 Å². The van der Waals surface area contributed by atoms with E-state index in [0.717, 1.165) is 16.9 Å². The van der Waals surface area contributed by atoms with Gasteiger partial charge in [-0.2, -0.15) is 22.7 Å². The maximum Gasteiger partial charge on any atom is 0.236 e. The number of rotatable bonds is 2. The van der Waals surface area contributed by atoms with Gasteiger partial charge in [-0.3, -0.25) is 9.69 Å². The maximum atomic E-state index is 11.9. The summed E-state index contributed by atoms with van der Waals surface area (Å²) in [5.41, 5.74) is 5.65. The number of para-hydroxylation sites is 2. The molecule has 0 saturated heterocycles. The first-order chi connectivity index (χ1) is 14.3. The van der Waals surface area contributed by atoms with Gasteiger partial charge in [0.1, 0.15) is 0 Å². The Bertz CT molecular complexity index is 1250. The van der Waals surface area contributed by atoms with E-state index in [2.05, 4.69) is 57.9 Å². The van der Waals surface area contributed by atoms with Gasteiger partial charge in [0, 0.05) is 17.0 Å². The zero-order valence-electron chi connectivity index (χ0n) is 15.6. The summed E-state index contributed by atoms with van der Waals surface area (Å²) in [6.07, 6.45) is 2.64. The zero-order valence-corrected chi connectivity index (χ0v) is 17.2. The molecule has 5 heteroatoms. The fourth-order valence-corrected chi connectivity index (χ4v) is 4.87. The van der Waals surface area contributed by atoms with E-state index in [1.165, 1.54) is 16.6 Å². The molecule has 1 amide bonds. The summed E-state index contributed by atoms with van der Waals surface area (Å²) in [4.78, 5) is 13.7. The number of aromatic nitrogens is 1. The Morgan fingerprint density at radius 1 is 0.759 bits per heavy atom. The molecule has 0 N–H and O–H groups in total. The molecule has 0 radical (unpaired) electrons. The molecule has 0 bridgehead atoms. The SMILES string of the molecule is O=C1Cc2ccccc2N1c1ccsc1.c1ccc2c(c1)ccn2-c1ccsc1. The van der Waals surface area contributed by atoms with Crippen LogP contribution in [-0.2, 0) is 11.2 Å². The number of benzene rings is 2. The van der Waals surface area contributed by atoms with Gasteiger partial charge in [0.25, 0.3) is 0 Å². The molecule has 142 valence electrons. The van der Waals surface area contributed by atoms with Crippen LogP contribution in [0.25, 0.3) is 16.6 Å². The van der Waals surface area contributed by atoms with Gasteiger partial charge < -0.3 is 4.57 Å². The Labute approximate surface area is 177 Å². The van der Waals surface area contributed by atoms with Gasteiger partial charge in [-0.1, -0.05) is 36.4 Å². The van der Waals surface area contributed by atoms with Crippen molar-refractivity contribution in [2.24, 2.45) is 0 Å². The minimum absolute atomic E-state index is 0.162. The number of hydrogen-bond acceptors (Lipinski definition) is 3. The minimum atomic E-state index is 0.162. The Balaban J connectivity index is 0.000000125. The van der Waals surface area contributed by atoms with Gasteiger partial charge >= 0.3 is 0 Å².